The zero-order valence-corrected chi connectivity index (χ0v) is 10.9. The molecule has 2 rings (SSSR count). The van der Waals surface area contributed by atoms with Crippen LogP contribution in [0.2, 0.25) is 0 Å². The predicted molar refractivity (Wildman–Crippen MR) is 69.9 cm³/mol. The molecule has 92 valence electrons. The van der Waals surface area contributed by atoms with Crippen molar-refractivity contribution in [2.75, 3.05) is 5.88 Å². The van der Waals surface area contributed by atoms with E-state index in [2.05, 4.69) is 6.92 Å². The summed E-state index contributed by atoms with van der Waals surface area (Å²) in [4.78, 5) is 13.8. The van der Waals surface area contributed by atoms with E-state index in [1.54, 1.807) is 0 Å². The van der Waals surface area contributed by atoms with E-state index in [4.69, 9.17) is 11.6 Å². The van der Waals surface area contributed by atoms with E-state index in [0.717, 1.165) is 0 Å². The number of amides is 1. The molecule has 1 aliphatic rings. The molecular formula is C14H18ClNO. The molecule has 3 heteroatoms. The van der Waals surface area contributed by atoms with Crippen molar-refractivity contribution in [1.82, 2.24) is 4.90 Å². The average molecular weight is 252 g/mol. The summed E-state index contributed by atoms with van der Waals surface area (Å²) >= 11 is 5.69. The van der Waals surface area contributed by atoms with Crippen LogP contribution in [0.5, 0.6) is 0 Å². The van der Waals surface area contributed by atoms with Crippen LogP contribution in [0.4, 0.5) is 0 Å². The summed E-state index contributed by atoms with van der Waals surface area (Å²) in [5, 5.41) is 0. The Hall–Kier alpha value is -1.02. The van der Waals surface area contributed by atoms with Gasteiger partial charge in [-0.15, -0.1) is 11.6 Å². The van der Waals surface area contributed by atoms with Gasteiger partial charge in [0.15, 0.2) is 0 Å². The zero-order valence-electron chi connectivity index (χ0n) is 10.1. The number of rotatable bonds is 5. The molecule has 0 aliphatic heterocycles. The second kappa shape index (κ2) is 5.54. The lowest BCUT2D eigenvalue weighted by molar-refractivity contribution is -0.131. The molecule has 1 atom stereocenters. The summed E-state index contributed by atoms with van der Waals surface area (Å²) in [5.74, 6) is 0.782. The topological polar surface area (TPSA) is 20.3 Å². The summed E-state index contributed by atoms with van der Waals surface area (Å²) in [5.41, 5.74) is 1.17. The third-order valence-electron chi connectivity index (χ3n) is 3.43. The summed E-state index contributed by atoms with van der Waals surface area (Å²) < 4.78 is 0. The van der Waals surface area contributed by atoms with Gasteiger partial charge in [-0.3, -0.25) is 4.79 Å². The first-order valence-electron chi connectivity index (χ1n) is 6.11. The lowest BCUT2D eigenvalue weighted by Gasteiger charge is -2.29. The van der Waals surface area contributed by atoms with Gasteiger partial charge in [-0.2, -0.15) is 0 Å². The van der Waals surface area contributed by atoms with Gasteiger partial charge in [0.25, 0.3) is 0 Å². The van der Waals surface area contributed by atoms with Gasteiger partial charge in [0.1, 0.15) is 5.88 Å². The van der Waals surface area contributed by atoms with Crippen LogP contribution in [-0.2, 0) is 11.3 Å². The maximum Gasteiger partial charge on any atom is 0.238 e. The average Bonchev–Trinajstić information content (AvgIpc) is 3.20. The van der Waals surface area contributed by atoms with E-state index in [1.807, 2.05) is 35.2 Å². The summed E-state index contributed by atoms with van der Waals surface area (Å²) in [7, 11) is 0. The van der Waals surface area contributed by atoms with Crippen LogP contribution in [0.1, 0.15) is 25.3 Å². The number of hydrogen-bond acceptors (Lipinski definition) is 1. The maximum atomic E-state index is 11.9. The first-order chi connectivity index (χ1) is 8.22. The Morgan fingerprint density at radius 1 is 1.41 bits per heavy atom. The number of carbonyl (C=O) groups is 1. The fourth-order valence-corrected chi connectivity index (χ4v) is 2.30. The summed E-state index contributed by atoms with van der Waals surface area (Å²) in [6.45, 7) is 2.80. The Kier molecular flexibility index (Phi) is 4.06. The van der Waals surface area contributed by atoms with Gasteiger partial charge < -0.3 is 4.90 Å². The molecule has 1 saturated carbocycles. The van der Waals surface area contributed by atoms with Crippen LogP contribution in [-0.4, -0.2) is 22.7 Å². The molecule has 1 aromatic carbocycles. The largest absolute Gasteiger partial charge is 0.334 e. The quantitative estimate of drug-likeness (QED) is 0.737. The molecule has 1 aromatic rings. The molecule has 0 N–H and O–H groups in total. The van der Waals surface area contributed by atoms with Gasteiger partial charge in [0, 0.05) is 12.6 Å². The zero-order chi connectivity index (χ0) is 12.3. The molecule has 1 amide bonds. The lowest BCUT2D eigenvalue weighted by Crippen LogP contribution is -2.40. The first-order valence-corrected chi connectivity index (χ1v) is 6.65. The molecule has 0 spiro atoms. The number of benzene rings is 1. The summed E-state index contributed by atoms with van der Waals surface area (Å²) in [6, 6.07) is 10.4. The van der Waals surface area contributed by atoms with Gasteiger partial charge in [0.2, 0.25) is 5.91 Å². The predicted octanol–water partition coefficient (Wildman–Crippen LogP) is 3.05. The highest BCUT2D eigenvalue weighted by Gasteiger charge is 2.33. The first kappa shape index (κ1) is 12.4. The molecule has 1 fully saturated rings. The molecule has 17 heavy (non-hydrogen) atoms. The second-order valence-electron chi connectivity index (χ2n) is 4.72. The Bertz CT molecular complexity index is 375. The molecule has 0 saturated heterocycles. The van der Waals surface area contributed by atoms with Crippen LogP contribution in [0.3, 0.4) is 0 Å². The Morgan fingerprint density at radius 2 is 2.06 bits per heavy atom. The van der Waals surface area contributed by atoms with Crippen LogP contribution in [0.25, 0.3) is 0 Å². The van der Waals surface area contributed by atoms with Crippen molar-refractivity contribution in [1.29, 1.82) is 0 Å². The number of halogens is 1. The summed E-state index contributed by atoms with van der Waals surface area (Å²) in [6.07, 6.45) is 2.48. The number of alkyl halides is 1. The van der Waals surface area contributed by atoms with Crippen molar-refractivity contribution in [2.45, 2.75) is 32.4 Å². The van der Waals surface area contributed by atoms with E-state index in [9.17, 15) is 4.79 Å². The van der Waals surface area contributed by atoms with E-state index in [0.29, 0.717) is 18.5 Å². The monoisotopic (exact) mass is 251 g/mol. The van der Waals surface area contributed by atoms with E-state index in [-0.39, 0.29) is 11.8 Å². The highest BCUT2D eigenvalue weighted by atomic mass is 35.5. The molecular weight excluding hydrogens is 234 g/mol. The minimum absolute atomic E-state index is 0.0370. The second-order valence-corrected chi connectivity index (χ2v) is 4.99. The minimum atomic E-state index is 0.0370. The molecule has 0 heterocycles. The molecule has 0 radical (unpaired) electrons. The fourth-order valence-electron chi connectivity index (χ4n) is 2.15. The number of hydrogen-bond donors (Lipinski definition) is 0. The Labute approximate surface area is 108 Å². The molecule has 1 aliphatic carbocycles. The Balaban J connectivity index is 2.07. The van der Waals surface area contributed by atoms with E-state index in [1.165, 1.54) is 18.4 Å². The van der Waals surface area contributed by atoms with Crippen molar-refractivity contribution in [2.24, 2.45) is 5.92 Å². The van der Waals surface area contributed by atoms with E-state index < -0.39 is 0 Å². The smallest absolute Gasteiger partial charge is 0.238 e. The van der Waals surface area contributed by atoms with Crippen molar-refractivity contribution in [3.63, 3.8) is 0 Å². The van der Waals surface area contributed by atoms with Crippen LogP contribution >= 0.6 is 11.6 Å². The van der Waals surface area contributed by atoms with Crippen molar-refractivity contribution >= 4 is 17.5 Å². The third-order valence-corrected chi connectivity index (χ3v) is 3.65. The van der Waals surface area contributed by atoms with Gasteiger partial charge >= 0.3 is 0 Å². The van der Waals surface area contributed by atoms with Crippen molar-refractivity contribution in [3.8, 4) is 0 Å². The Morgan fingerprint density at radius 3 is 2.59 bits per heavy atom. The lowest BCUT2D eigenvalue weighted by atomic mass is 10.1. The molecule has 2 nitrogen and oxygen atoms in total. The molecule has 0 aromatic heterocycles. The van der Waals surface area contributed by atoms with Crippen LogP contribution in [0.15, 0.2) is 30.3 Å². The maximum absolute atomic E-state index is 11.9. The highest BCUT2D eigenvalue weighted by molar-refractivity contribution is 6.27. The van der Waals surface area contributed by atoms with Crippen LogP contribution in [0, 0.1) is 5.92 Å². The molecule has 1 unspecified atom stereocenters. The normalized spacial score (nSPS) is 16.6. The number of carbonyl (C=O) groups excluding carboxylic acids is 1. The van der Waals surface area contributed by atoms with E-state index >= 15 is 0 Å². The number of nitrogens with zero attached hydrogens (tertiary/aromatic N) is 1. The SMILES string of the molecule is CC(C1CC1)N(Cc1ccccc1)C(=O)CCl. The highest BCUT2D eigenvalue weighted by Crippen LogP contribution is 2.35. The van der Waals surface area contributed by atoms with Gasteiger partial charge in [-0.1, -0.05) is 30.3 Å². The minimum Gasteiger partial charge on any atom is -0.334 e. The fraction of sp³-hybridized carbons (Fsp3) is 0.500. The van der Waals surface area contributed by atoms with Crippen molar-refractivity contribution in [3.05, 3.63) is 35.9 Å². The van der Waals surface area contributed by atoms with Crippen molar-refractivity contribution < 1.29 is 4.79 Å². The van der Waals surface area contributed by atoms with Gasteiger partial charge in [-0.05, 0) is 31.2 Å². The van der Waals surface area contributed by atoms with Crippen LogP contribution < -0.4 is 0 Å². The molecule has 0 bridgehead atoms. The van der Waals surface area contributed by atoms with Gasteiger partial charge in [-0.25, -0.2) is 0 Å². The van der Waals surface area contributed by atoms with Gasteiger partial charge in [0.05, 0.1) is 0 Å². The standard InChI is InChI=1S/C14H18ClNO/c1-11(13-7-8-13)16(14(17)9-15)10-12-5-3-2-4-6-12/h2-6,11,13H,7-10H2,1H3. The third kappa shape index (κ3) is 3.22.